The minimum absolute atomic E-state index is 0.0945. The molecule has 3 rings (SSSR count). The van der Waals surface area contributed by atoms with E-state index in [4.69, 9.17) is 0 Å². The molecule has 0 spiro atoms. The third-order valence-corrected chi connectivity index (χ3v) is 7.97. The first kappa shape index (κ1) is 23.5. The third-order valence-electron chi connectivity index (χ3n) is 6.12. The lowest BCUT2D eigenvalue weighted by atomic mass is 9.82. The number of hydrogen-bond donors (Lipinski definition) is 1. The van der Waals surface area contributed by atoms with Gasteiger partial charge in [-0.25, -0.2) is 8.42 Å². The molecule has 5 nitrogen and oxygen atoms in total. The van der Waals surface area contributed by atoms with Crippen molar-refractivity contribution in [3.8, 4) is 0 Å². The summed E-state index contributed by atoms with van der Waals surface area (Å²) < 4.78 is 28.0. The summed E-state index contributed by atoms with van der Waals surface area (Å²) >= 11 is 0. The summed E-state index contributed by atoms with van der Waals surface area (Å²) in [5.74, 6) is 0.423. The maximum atomic E-state index is 13.2. The highest BCUT2D eigenvalue weighted by Crippen LogP contribution is 2.33. The standard InChI is InChI=1S/C25H34N2O3S/c1-19(2)16-21-10-12-23(13-11-21)31(29,30)27-15-7-14-25(4,18-27)24(28)26-17-22-9-6-5-8-20(22)3/h5-6,8-13,19H,7,14-18H2,1-4H3,(H,26,28). The van der Waals surface area contributed by atoms with E-state index in [1.165, 1.54) is 4.31 Å². The Morgan fingerprint density at radius 2 is 1.81 bits per heavy atom. The summed E-state index contributed by atoms with van der Waals surface area (Å²) in [7, 11) is -3.63. The largest absolute Gasteiger partial charge is 0.352 e. The lowest BCUT2D eigenvalue weighted by Gasteiger charge is -2.38. The van der Waals surface area contributed by atoms with Crippen molar-refractivity contribution in [1.29, 1.82) is 0 Å². The number of rotatable bonds is 7. The van der Waals surface area contributed by atoms with Gasteiger partial charge in [0.2, 0.25) is 15.9 Å². The van der Waals surface area contributed by atoms with E-state index >= 15 is 0 Å². The number of benzene rings is 2. The topological polar surface area (TPSA) is 66.5 Å². The maximum Gasteiger partial charge on any atom is 0.243 e. The fourth-order valence-corrected chi connectivity index (χ4v) is 5.80. The summed E-state index contributed by atoms with van der Waals surface area (Å²) in [5, 5.41) is 3.03. The van der Waals surface area contributed by atoms with E-state index in [-0.39, 0.29) is 12.5 Å². The predicted octanol–water partition coefficient (Wildman–Crippen LogP) is 4.30. The molecule has 1 aliphatic heterocycles. The molecule has 1 heterocycles. The van der Waals surface area contributed by atoms with Gasteiger partial charge in [0.05, 0.1) is 10.3 Å². The van der Waals surface area contributed by atoms with E-state index < -0.39 is 15.4 Å². The van der Waals surface area contributed by atoms with Gasteiger partial charge < -0.3 is 5.32 Å². The average molecular weight is 443 g/mol. The smallest absolute Gasteiger partial charge is 0.243 e. The Balaban J connectivity index is 1.70. The highest BCUT2D eigenvalue weighted by molar-refractivity contribution is 7.89. The molecule has 168 valence electrons. The summed E-state index contributed by atoms with van der Waals surface area (Å²) in [6, 6.07) is 15.1. The molecular weight excluding hydrogens is 408 g/mol. The van der Waals surface area contributed by atoms with Crippen LogP contribution in [-0.4, -0.2) is 31.7 Å². The molecule has 1 unspecified atom stereocenters. The highest BCUT2D eigenvalue weighted by atomic mass is 32.2. The second kappa shape index (κ2) is 9.53. The van der Waals surface area contributed by atoms with Crippen LogP contribution < -0.4 is 5.32 Å². The Kier molecular flexibility index (Phi) is 7.22. The SMILES string of the molecule is Cc1ccccc1CNC(=O)C1(C)CCCN(S(=O)(=O)c2ccc(CC(C)C)cc2)C1. The second-order valence-corrected chi connectivity index (χ2v) is 11.3. The maximum absolute atomic E-state index is 13.2. The minimum Gasteiger partial charge on any atom is -0.352 e. The van der Waals surface area contributed by atoms with E-state index in [9.17, 15) is 13.2 Å². The Labute approximate surface area is 186 Å². The molecule has 31 heavy (non-hydrogen) atoms. The van der Waals surface area contributed by atoms with E-state index in [1.54, 1.807) is 12.1 Å². The first-order chi connectivity index (χ1) is 14.6. The van der Waals surface area contributed by atoms with Crippen molar-refractivity contribution in [3.05, 3.63) is 65.2 Å². The Morgan fingerprint density at radius 3 is 2.45 bits per heavy atom. The first-order valence-corrected chi connectivity index (χ1v) is 12.5. The second-order valence-electron chi connectivity index (χ2n) is 9.35. The molecule has 1 N–H and O–H groups in total. The number of piperidine rings is 1. The number of hydrogen-bond acceptors (Lipinski definition) is 3. The molecule has 0 aliphatic carbocycles. The van der Waals surface area contributed by atoms with Crippen molar-refractivity contribution in [2.45, 2.75) is 58.4 Å². The lowest BCUT2D eigenvalue weighted by molar-refractivity contribution is -0.132. The van der Waals surface area contributed by atoms with Crippen molar-refractivity contribution < 1.29 is 13.2 Å². The van der Waals surface area contributed by atoms with Crippen LogP contribution in [0.4, 0.5) is 0 Å². The number of nitrogens with zero attached hydrogens (tertiary/aromatic N) is 1. The van der Waals surface area contributed by atoms with Crippen molar-refractivity contribution in [2.75, 3.05) is 13.1 Å². The van der Waals surface area contributed by atoms with Crippen LogP contribution in [0, 0.1) is 18.3 Å². The molecule has 0 bridgehead atoms. The van der Waals surface area contributed by atoms with Gasteiger partial charge in [0, 0.05) is 19.6 Å². The third kappa shape index (κ3) is 5.55. The number of carbonyl (C=O) groups excluding carboxylic acids is 1. The monoisotopic (exact) mass is 442 g/mol. The van der Waals surface area contributed by atoms with Gasteiger partial charge in [-0.1, -0.05) is 50.2 Å². The van der Waals surface area contributed by atoms with Gasteiger partial charge in [0.1, 0.15) is 0 Å². The Hall–Kier alpha value is -2.18. The quantitative estimate of drug-likeness (QED) is 0.695. The molecule has 2 aromatic carbocycles. The molecule has 2 aromatic rings. The van der Waals surface area contributed by atoms with Crippen LogP contribution in [-0.2, 0) is 27.8 Å². The zero-order valence-electron chi connectivity index (χ0n) is 19.0. The van der Waals surface area contributed by atoms with Gasteiger partial charge in [0.25, 0.3) is 0 Å². The molecule has 0 aromatic heterocycles. The lowest BCUT2D eigenvalue weighted by Crippen LogP contribution is -2.51. The van der Waals surface area contributed by atoms with Gasteiger partial charge >= 0.3 is 0 Å². The van der Waals surface area contributed by atoms with Crippen molar-refractivity contribution in [1.82, 2.24) is 9.62 Å². The average Bonchev–Trinajstić information content (AvgIpc) is 2.73. The highest BCUT2D eigenvalue weighted by Gasteiger charge is 2.41. The number of sulfonamides is 1. The first-order valence-electron chi connectivity index (χ1n) is 11.0. The number of amides is 1. The van der Waals surface area contributed by atoms with E-state index in [2.05, 4.69) is 19.2 Å². The van der Waals surface area contributed by atoms with Crippen molar-refractivity contribution in [3.63, 3.8) is 0 Å². The van der Waals surface area contributed by atoms with Crippen LogP contribution in [0.2, 0.25) is 0 Å². The fraction of sp³-hybridized carbons (Fsp3) is 0.480. The fourth-order valence-electron chi connectivity index (χ4n) is 4.20. The molecule has 1 atom stereocenters. The Morgan fingerprint density at radius 1 is 1.13 bits per heavy atom. The Bertz CT molecular complexity index is 1020. The van der Waals surface area contributed by atoms with E-state index in [1.807, 2.05) is 50.2 Å². The van der Waals surface area contributed by atoms with Crippen LogP contribution in [0.25, 0.3) is 0 Å². The molecule has 1 saturated heterocycles. The molecule has 0 radical (unpaired) electrons. The van der Waals surface area contributed by atoms with Crippen molar-refractivity contribution in [2.24, 2.45) is 11.3 Å². The summed E-state index contributed by atoms with van der Waals surface area (Å²) in [4.78, 5) is 13.3. The molecule has 6 heteroatoms. The van der Waals surface area contributed by atoms with Crippen molar-refractivity contribution >= 4 is 15.9 Å². The predicted molar refractivity (Wildman–Crippen MR) is 124 cm³/mol. The van der Waals surface area contributed by atoms with Crippen LogP contribution >= 0.6 is 0 Å². The zero-order chi connectivity index (χ0) is 22.6. The zero-order valence-corrected chi connectivity index (χ0v) is 19.8. The van der Waals surface area contributed by atoms with Gasteiger partial charge in [-0.15, -0.1) is 0 Å². The van der Waals surface area contributed by atoms with Gasteiger partial charge in [-0.05, 0) is 67.9 Å². The van der Waals surface area contributed by atoms with E-state index in [0.29, 0.717) is 36.7 Å². The molecular formula is C25H34N2O3S. The van der Waals surface area contributed by atoms with E-state index in [0.717, 1.165) is 23.1 Å². The summed E-state index contributed by atoms with van der Waals surface area (Å²) in [6.07, 6.45) is 2.26. The summed E-state index contributed by atoms with van der Waals surface area (Å²) in [5.41, 5.74) is 2.59. The van der Waals surface area contributed by atoms with Crippen LogP contribution in [0.3, 0.4) is 0 Å². The van der Waals surface area contributed by atoms with Gasteiger partial charge in [-0.3, -0.25) is 4.79 Å². The number of nitrogens with one attached hydrogen (secondary N) is 1. The molecule has 1 fully saturated rings. The van der Waals surface area contributed by atoms with Crippen LogP contribution in [0.15, 0.2) is 53.4 Å². The van der Waals surface area contributed by atoms with Gasteiger partial charge in [-0.2, -0.15) is 4.31 Å². The number of aryl methyl sites for hydroxylation is 1. The molecule has 0 saturated carbocycles. The molecule has 1 aliphatic rings. The normalized spacial score (nSPS) is 20.0. The molecule has 1 amide bonds. The van der Waals surface area contributed by atoms with Crippen LogP contribution in [0.5, 0.6) is 0 Å². The minimum atomic E-state index is -3.63. The van der Waals surface area contributed by atoms with Gasteiger partial charge in [0.15, 0.2) is 0 Å². The van der Waals surface area contributed by atoms with Crippen LogP contribution in [0.1, 0.15) is 50.3 Å². The number of carbonyl (C=O) groups is 1. The summed E-state index contributed by atoms with van der Waals surface area (Å²) in [6.45, 7) is 9.26.